The molecule has 426 valence electrons. The molecule has 0 spiro atoms. The predicted octanol–water partition coefficient (Wildman–Crippen LogP) is 10.9. The van der Waals surface area contributed by atoms with Crippen LogP contribution in [0.25, 0.3) is 21.8 Å². The van der Waals surface area contributed by atoms with E-state index in [9.17, 15) is 27.6 Å². The Bertz CT molecular complexity index is 3890. The van der Waals surface area contributed by atoms with Gasteiger partial charge in [-0.15, -0.1) is 0 Å². The molecule has 82 heavy (non-hydrogen) atoms. The van der Waals surface area contributed by atoms with E-state index in [4.69, 9.17) is 19.6 Å². The maximum absolute atomic E-state index is 14.5. The standard InChI is InChI=1S/C64H71N7O9SSi/c1-41-32-49(36-52-57(41)66-38-53(60(65)73)58(52)68-46-21-15-22-47(35-46)78-7)81(76,77)48-23-14-20-45(34-48)62(75)71-30-28-70(29-31-71)61(74)44-19-13-18-43(33-44)37-64(5,6)67-39-55(80-82(8,9)63(2,3)4)50-24-26-54(59-51(50)25-27-56(72)69-59)79-40-42-16-11-10-12-17-42/h10-27,32-36,38,55,67H,28-31,37,39-40H2,1-9H3,(H2,65,73)(H,66,68)(H,69,72)/t55-/m0/s1. The molecule has 16 nitrogen and oxygen atoms in total. The monoisotopic (exact) mass is 1140 g/mol. The van der Waals surface area contributed by atoms with Gasteiger partial charge in [0.2, 0.25) is 15.4 Å². The van der Waals surface area contributed by atoms with Crippen molar-refractivity contribution in [1.82, 2.24) is 25.1 Å². The highest BCUT2D eigenvalue weighted by Crippen LogP contribution is 2.42. The third kappa shape index (κ3) is 13.0. The first kappa shape index (κ1) is 58.5. The number of anilines is 2. The van der Waals surface area contributed by atoms with Gasteiger partial charge in [0.1, 0.15) is 18.1 Å². The highest BCUT2D eigenvalue weighted by molar-refractivity contribution is 7.91. The molecule has 1 atom stereocenters. The van der Waals surface area contributed by atoms with Crippen molar-refractivity contribution in [2.24, 2.45) is 5.73 Å². The second-order valence-corrected chi connectivity index (χ2v) is 29.8. The first-order valence-corrected chi connectivity index (χ1v) is 31.7. The number of hydrogen-bond donors (Lipinski definition) is 4. The van der Waals surface area contributed by atoms with Crippen LogP contribution < -0.4 is 31.4 Å². The van der Waals surface area contributed by atoms with E-state index in [0.29, 0.717) is 64.3 Å². The Balaban J connectivity index is 0.866. The van der Waals surface area contributed by atoms with Crippen LogP contribution >= 0.6 is 0 Å². The molecule has 5 N–H and O–H groups in total. The molecule has 0 saturated carbocycles. The lowest BCUT2D eigenvalue weighted by molar-refractivity contribution is 0.0535. The predicted molar refractivity (Wildman–Crippen MR) is 324 cm³/mol. The van der Waals surface area contributed by atoms with Crippen molar-refractivity contribution in [3.8, 4) is 11.5 Å². The van der Waals surface area contributed by atoms with Gasteiger partial charge in [0.15, 0.2) is 8.32 Å². The summed E-state index contributed by atoms with van der Waals surface area (Å²) in [5, 5.41) is 8.16. The maximum atomic E-state index is 14.5. The van der Waals surface area contributed by atoms with E-state index < -0.39 is 29.6 Å². The summed E-state index contributed by atoms with van der Waals surface area (Å²) in [4.78, 5) is 64.5. The molecule has 1 fully saturated rings. The van der Waals surface area contributed by atoms with E-state index in [-0.39, 0.29) is 81.3 Å². The van der Waals surface area contributed by atoms with Gasteiger partial charge in [0.25, 0.3) is 17.7 Å². The molecule has 0 radical (unpaired) electrons. The molecule has 8 aromatic rings. The number of nitrogens with zero attached hydrogens (tertiary/aromatic N) is 3. The minimum Gasteiger partial charge on any atom is -0.497 e. The number of rotatable bonds is 19. The number of ether oxygens (including phenoxy) is 2. The van der Waals surface area contributed by atoms with Gasteiger partial charge in [-0.25, -0.2) is 8.42 Å². The summed E-state index contributed by atoms with van der Waals surface area (Å²) in [6.07, 6.45) is 1.57. The fourth-order valence-corrected chi connectivity index (χ4v) is 12.8. The molecule has 1 aliphatic rings. The molecule has 6 aromatic carbocycles. The van der Waals surface area contributed by atoms with Crippen LogP contribution in [0.3, 0.4) is 0 Å². The second kappa shape index (κ2) is 23.7. The molecule has 9 rings (SSSR count). The van der Waals surface area contributed by atoms with E-state index in [1.807, 2.05) is 72.8 Å². The zero-order valence-corrected chi connectivity index (χ0v) is 49.7. The number of aryl methyl sites for hydroxylation is 1. The summed E-state index contributed by atoms with van der Waals surface area (Å²) in [5.74, 6) is -0.123. The summed E-state index contributed by atoms with van der Waals surface area (Å²) >= 11 is 0. The fraction of sp³-hybridized carbons (Fsp3) is 0.297. The number of H-pyrrole nitrogens is 1. The average Bonchev–Trinajstić information content (AvgIpc) is 2.50. The van der Waals surface area contributed by atoms with Crippen molar-refractivity contribution < 1.29 is 36.7 Å². The second-order valence-electron chi connectivity index (χ2n) is 23.1. The molecular weight excluding hydrogens is 1070 g/mol. The molecular formula is C64H71N7O9SSi. The summed E-state index contributed by atoms with van der Waals surface area (Å²) in [6, 6.07) is 40.8. The van der Waals surface area contributed by atoms with Gasteiger partial charge >= 0.3 is 0 Å². The maximum Gasteiger partial charge on any atom is 0.254 e. The molecule has 1 aliphatic heterocycles. The van der Waals surface area contributed by atoms with Crippen molar-refractivity contribution in [2.45, 2.75) is 94.1 Å². The van der Waals surface area contributed by atoms with E-state index in [2.05, 4.69) is 68.3 Å². The summed E-state index contributed by atoms with van der Waals surface area (Å²) < 4.78 is 47.8. The number of nitrogens with one attached hydrogen (secondary N) is 3. The topological polar surface area (TPSA) is 215 Å². The largest absolute Gasteiger partial charge is 0.497 e. The molecule has 2 aromatic heterocycles. The number of nitrogens with two attached hydrogens (primary N) is 1. The Morgan fingerprint density at radius 1 is 0.756 bits per heavy atom. The van der Waals surface area contributed by atoms with Gasteiger partial charge in [-0.2, -0.15) is 0 Å². The number of amides is 3. The summed E-state index contributed by atoms with van der Waals surface area (Å²) in [5.41, 5.74) is 11.3. The number of hydrogen-bond acceptors (Lipinski definition) is 12. The highest BCUT2D eigenvalue weighted by atomic mass is 32.2. The number of sulfone groups is 1. The van der Waals surface area contributed by atoms with E-state index in [1.54, 1.807) is 47.1 Å². The number of aromatic nitrogens is 2. The van der Waals surface area contributed by atoms with Gasteiger partial charge < -0.3 is 45.1 Å². The lowest BCUT2D eigenvalue weighted by Gasteiger charge is -2.40. The van der Waals surface area contributed by atoms with Gasteiger partial charge in [-0.05, 0) is 134 Å². The lowest BCUT2D eigenvalue weighted by atomic mass is 9.93. The fourth-order valence-electron chi connectivity index (χ4n) is 10.1. The third-order valence-electron chi connectivity index (χ3n) is 15.6. The van der Waals surface area contributed by atoms with Crippen LogP contribution in [0.2, 0.25) is 18.1 Å². The normalized spacial score (nSPS) is 13.7. The number of carbonyl (C=O) groups excluding carboxylic acids is 3. The van der Waals surface area contributed by atoms with Crippen molar-refractivity contribution in [3.05, 3.63) is 195 Å². The van der Waals surface area contributed by atoms with E-state index in [1.165, 1.54) is 49.7 Å². The Kier molecular flexibility index (Phi) is 16.9. The molecule has 0 aliphatic carbocycles. The van der Waals surface area contributed by atoms with Crippen molar-refractivity contribution in [3.63, 3.8) is 0 Å². The number of piperazine rings is 1. The number of primary amides is 1. The zero-order chi connectivity index (χ0) is 58.7. The van der Waals surface area contributed by atoms with Crippen molar-refractivity contribution in [1.29, 1.82) is 0 Å². The Morgan fingerprint density at radius 2 is 1.41 bits per heavy atom. The average molecular weight is 1140 g/mol. The van der Waals surface area contributed by atoms with Crippen molar-refractivity contribution in [2.75, 3.05) is 45.2 Å². The molecule has 3 heterocycles. The van der Waals surface area contributed by atoms with Crippen molar-refractivity contribution >= 4 is 69.1 Å². The van der Waals surface area contributed by atoms with Crippen LogP contribution in [0, 0.1) is 6.92 Å². The quantitative estimate of drug-likeness (QED) is 0.0557. The molecule has 0 bridgehead atoms. The highest BCUT2D eigenvalue weighted by Gasteiger charge is 2.40. The van der Waals surface area contributed by atoms with Crippen LogP contribution in [0.1, 0.15) is 94.1 Å². The zero-order valence-electron chi connectivity index (χ0n) is 47.9. The molecule has 0 unspecified atom stereocenters. The van der Waals surface area contributed by atoms with Crippen LogP contribution in [0.15, 0.2) is 160 Å². The van der Waals surface area contributed by atoms with Crippen LogP contribution in [0.4, 0.5) is 11.4 Å². The van der Waals surface area contributed by atoms with Gasteiger partial charge in [0.05, 0.1) is 45.3 Å². The van der Waals surface area contributed by atoms with Gasteiger partial charge in [0, 0.05) is 84.2 Å². The summed E-state index contributed by atoms with van der Waals surface area (Å²) in [6.45, 7) is 19.0. The van der Waals surface area contributed by atoms with E-state index >= 15 is 0 Å². The summed E-state index contributed by atoms with van der Waals surface area (Å²) in [7, 11) is -5.04. The van der Waals surface area contributed by atoms with Crippen LogP contribution in [0.5, 0.6) is 11.5 Å². The first-order valence-electron chi connectivity index (χ1n) is 27.3. The number of fused-ring (bicyclic) bond motifs is 2. The Labute approximate surface area is 480 Å². The van der Waals surface area contributed by atoms with Gasteiger partial charge in [-0.3, -0.25) is 24.2 Å². The smallest absolute Gasteiger partial charge is 0.254 e. The SMILES string of the molecule is COc1cccc(Nc2c(C(N)=O)cnc3c(C)cc(S(=O)(=O)c4cccc(C(=O)N5CCN(C(=O)c6cccc(CC(C)(C)NC[C@H](O[Si](C)(C)C(C)(C)C)c7ccc(OCc8ccccc8)c8[nH]c(=O)ccc78)c6)CC5)c4)cc23)c1. The number of methoxy groups -OCH3 is 1. The van der Waals surface area contributed by atoms with Crippen LogP contribution in [-0.2, 0) is 27.3 Å². The Morgan fingerprint density at radius 3 is 2.09 bits per heavy atom. The lowest BCUT2D eigenvalue weighted by Crippen LogP contribution is -2.50. The Hall–Kier alpha value is -8.16. The number of carbonyl (C=O) groups is 3. The third-order valence-corrected chi connectivity index (χ3v) is 21.8. The minimum atomic E-state index is -4.23. The van der Waals surface area contributed by atoms with Crippen LogP contribution in [-0.4, -0.2) is 99.6 Å². The molecule has 3 amide bonds. The number of benzene rings is 6. The molecule has 1 saturated heterocycles. The number of aromatic amines is 1. The number of pyridine rings is 2. The van der Waals surface area contributed by atoms with Gasteiger partial charge in [-0.1, -0.05) is 81.4 Å². The van der Waals surface area contributed by atoms with E-state index in [0.717, 1.165) is 22.1 Å². The minimum absolute atomic E-state index is 0.0620. The first-order chi connectivity index (χ1) is 38.9. The molecule has 18 heteroatoms.